The minimum atomic E-state index is -0.691. The molecule has 1 heterocycles. The Kier molecular flexibility index (Phi) is 3.98. The molecule has 0 aliphatic rings. The van der Waals surface area contributed by atoms with Gasteiger partial charge in [0.15, 0.2) is 0 Å². The number of methoxy groups -OCH3 is 1. The molecule has 0 amide bonds. The van der Waals surface area contributed by atoms with Crippen molar-refractivity contribution in [1.29, 1.82) is 0 Å². The third-order valence-electron chi connectivity index (χ3n) is 2.53. The Hall–Kier alpha value is -1.40. The topological polar surface area (TPSA) is 68.4 Å². The number of hydrogen-bond acceptors (Lipinski definition) is 5. The summed E-state index contributed by atoms with van der Waals surface area (Å²) < 4.78 is 11.1. The van der Waals surface area contributed by atoms with Crippen LogP contribution >= 0.6 is 15.9 Å². The Morgan fingerprint density at radius 3 is 2.89 bits per heavy atom. The van der Waals surface area contributed by atoms with Gasteiger partial charge in [-0.25, -0.2) is 0 Å². The van der Waals surface area contributed by atoms with Crippen LogP contribution < -0.4 is 4.74 Å². The van der Waals surface area contributed by atoms with Crippen molar-refractivity contribution in [3.63, 3.8) is 0 Å². The molecule has 96 valence electrons. The lowest BCUT2D eigenvalue weighted by atomic mass is 10.2. The molecule has 0 aliphatic heterocycles. The number of benzene rings is 1. The average molecular weight is 313 g/mol. The Bertz CT molecular complexity index is 542. The first-order valence-electron chi connectivity index (χ1n) is 5.51. The molecule has 0 aliphatic carbocycles. The molecule has 6 heteroatoms. The SMILES string of the molecule is CCC(O)c1noc(-c2ccc(OC)c(Br)c2)n1. The summed E-state index contributed by atoms with van der Waals surface area (Å²) >= 11 is 3.39. The first-order chi connectivity index (χ1) is 8.65. The second-order valence-electron chi connectivity index (χ2n) is 3.73. The summed E-state index contributed by atoms with van der Waals surface area (Å²) in [7, 11) is 1.60. The second-order valence-corrected chi connectivity index (χ2v) is 4.59. The van der Waals surface area contributed by atoms with Crippen molar-refractivity contribution in [3.8, 4) is 17.2 Å². The zero-order valence-corrected chi connectivity index (χ0v) is 11.6. The second kappa shape index (κ2) is 5.49. The summed E-state index contributed by atoms with van der Waals surface area (Å²) in [5.74, 6) is 1.41. The third-order valence-corrected chi connectivity index (χ3v) is 3.14. The van der Waals surface area contributed by atoms with Crippen LogP contribution in [0.4, 0.5) is 0 Å². The van der Waals surface area contributed by atoms with Gasteiger partial charge in [0.1, 0.15) is 11.9 Å². The fourth-order valence-corrected chi connectivity index (χ4v) is 2.01. The van der Waals surface area contributed by atoms with Gasteiger partial charge in [-0.2, -0.15) is 4.98 Å². The van der Waals surface area contributed by atoms with Crippen LogP contribution in [-0.4, -0.2) is 22.4 Å². The highest BCUT2D eigenvalue weighted by Gasteiger charge is 2.15. The van der Waals surface area contributed by atoms with Crippen molar-refractivity contribution in [2.24, 2.45) is 0 Å². The molecule has 2 aromatic rings. The van der Waals surface area contributed by atoms with Gasteiger partial charge in [0.2, 0.25) is 5.82 Å². The Morgan fingerprint density at radius 1 is 1.50 bits per heavy atom. The summed E-state index contributed by atoms with van der Waals surface area (Å²) in [6.07, 6.45) is -0.144. The van der Waals surface area contributed by atoms with Gasteiger partial charge in [-0.3, -0.25) is 0 Å². The monoisotopic (exact) mass is 312 g/mol. The molecular weight excluding hydrogens is 300 g/mol. The Balaban J connectivity index is 2.31. The summed E-state index contributed by atoms with van der Waals surface area (Å²) in [5, 5.41) is 13.4. The predicted octanol–water partition coefficient (Wildman–Crippen LogP) is 2.95. The van der Waals surface area contributed by atoms with E-state index in [1.165, 1.54) is 0 Å². The predicted molar refractivity (Wildman–Crippen MR) is 69.2 cm³/mol. The van der Waals surface area contributed by atoms with E-state index in [0.717, 1.165) is 15.8 Å². The number of nitrogens with zero attached hydrogens (tertiary/aromatic N) is 2. The van der Waals surface area contributed by atoms with E-state index in [4.69, 9.17) is 9.26 Å². The molecule has 1 N–H and O–H groups in total. The summed E-state index contributed by atoms with van der Waals surface area (Å²) in [5.41, 5.74) is 0.768. The van der Waals surface area contributed by atoms with Gasteiger partial charge in [0.25, 0.3) is 5.89 Å². The van der Waals surface area contributed by atoms with Gasteiger partial charge in [-0.05, 0) is 40.5 Å². The van der Waals surface area contributed by atoms with Gasteiger partial charge in [-0.1, -0.05) is 12.1 Å². The number of halogens is 1. The van der Waals surface area contributed by atoms with Crippen molar-refractivity contribution in [2.45, 2.75) is 19.4 Å². The molecule has 0 bridgehead atoms. The van der Waals surface area contributed by atoms with Crippen LogP contribution in [0.2, 0.25) is 0 Å². The third kappa shape index (κ3) is 2.54. The average Bonchev–Trinajstić information content (AvgIpc) is 2.87. The lowest BCUT2D eigenvalue weighted by Gasteiger charge is -2.03. The van der Waals surface area contributed by atoms with Crippen LogP contribution in [0.25, 0.3) is 11.5 Å². The first kappa shape index (κ1) is 13.0. The van der Waals surface area contributed by atoms with E-state index in [0.29, 0.717) is 18.1 Å². The standard InChI is InChI=1S/C12H13BrN2O3/c1-3-9(16)11-14-12(18-15-11)7-4-5-10(17-2)8(13)6-7/h4-6,9,16H,3H2,1-2H3. The van der Waals surface area contributed by atoms with E-state index in [1.807, 2.05) is 19.1 Å². The highest BCUT2D eigenvalue weighted by molar-refractivity contribution is 9.10. The lowest BCUT2D eigenvalue weighted by Crippen LogP contribution is -1.97. The van der Waals surface area contributed by atoms with Gasteiger partial charge >= 0.3 is 0 Å². The van der Waals surface area contributed by atoms with Gasteiger partial charge in [-0.15, -0.1) is 0 Å². The Labute approximate surface area is 113 Å². The molecule has 1 atom stereocenters. The van der Waals surface area contributed by atoms with Crippen LogP contribution in [0.3, 0.4) is 0 Å². The molecule has 0 saturated heterocycles. The highest BCUT2D eigenvalue weighted by atomic mass is 79.9. The van der Waals surface area contributed by atoms with Gasteiger partial charge in [0.05, 0.1) is 11.6 Å². The molecule has 1 unspecified atom stereocenters. The largest absolute Gasteiger partial charge is 0.496 e. The molecule has 5 nitrogen and oxygen atoms in total. The number of hydrogen-bond donors (Lipinski definition) is 1. The van der Waals surface area contributed by atoms with E-state index >= 15 is 0 Å². The lowest BCUT2D eigenvalue weighted by molar-refractivity contribution is 0.159. The zero-order chi connectivity index (χ0) is 13.1. The van der Waals surface area contributed by atoms with E-state index < -0.39 is 6.10 Å². The van der Waals surface area contributed by atoms with Crippen LogP contribution in [0.1, 0.15) is 25.3 Å². The van der Waals surface area contributed by atoms with Crippen molar-refractivity contribution in [2.75, 3.05) is 7.11 Å². The van der Waals surface area contributed by atoms with E-state index in [9.17, 15) is 5.11 Å². The summed E-state index contributed by atoms with van der Waals surface area (Å²) in [4.78, 5) is 4.16. The Morgan fingerprint density at radius 2 is 2.28 bits per heavy atom. The smallest absolute Gasteiger partial charge is 0.258 e. The van der Waals surface area contributed by atoms with Crippen molar-refractivity contribution < 1.29 is 14.4 Å². The highest BCUT2D eigenvalue weighted by Crippen LogP contribution is 2.30. The van der Waals surface area contributed by atoms with Crippen LogP contribution in [0.5, 0.6) is 5.75 Å². The number of aliphatic hydroxyl groups is 1. The molecule has 1 aromatic heterocycles. The summed E-state index contributed by atoms with van der Waals surface area (Å²) in [6, 6.07) is 5.45. The first-order valence-corrected chi connectivity index (χ1v) is 6.30. The number of rotatable bonds is 4. The number of aromatic nitrogens is 2. The van der Waals surface area contributed by atoms with Crippen LogP contribution in [0.15, 0.2) is 27.2 Å². The van der Waals surface area contributed by atoms with Crippen molar-refractivity contribution in [3.05, 3.63) is 28.5 Å². The number of ether oxygens (including phenoxy) is 1. The fourth-order valence-electron chi connectivity index (χ4n) is 1.47. The summed E-state index contributed by atoms with van der Waals surface area (Å²) in [6.45, 7) is 1.85. The molecule has 0 radical (unpaired) electrons. The quantitative estimate of drug-likeness (QED) is 0.940. The van der Waals surface area contributed by atoms with E-state index in [1.54, 1.807) is 13.2 Å². The van der Waals surface area contributed by atoms with Gasteiger partial charge < -0.3 is 14.4 Å². The maximum absolute atomic E-state index is 9.61. The number of aliphatic hydroxyl groups excluding tert-OH is 1. The maximum atomic E-state index is 9.61. The van der Waals surface area contributed by atoms with Crippen LogP contribution in [0, 0.1) is 0 Å². The van der Waals surface area contributed by atoms with Crippen molar-refractivity contribution in [1.82, 2.24) is 10.1 Å². The zero-order valence-electron chi connectivity index (χ0n) is 10.1. The minimum Gasteiger partial charge on any atom is -0.496 e. The maximum Gasteiger partial charge on any atom is 0.258 e. The normalized spacial score (nSPS) is 12.4. The molecule has 0 fully saturated rings. The van der Waals surface area contributed by atoms with Crippen molar-refractivity contribution >= 4 is 15.9 Å². The van der Waals surface area contributed by atoms with E-state index in [-0.39, 0.29) is 0 Å². The van der Waals surface area contributed by atoms with Crippen LogP contribution in [-0.2, 0) is 0 Å². The van der Waals surface area contributed by atoms with Gasteiger partial charge in [0, 0.05) is 5.56 Å². The molecule has 18 heavy (non-hydrogen) atoms. The van der Waals surface area contributed by atoms with E-state index in [2.05, 4.69) is 26.1 Å². The minimum absolute atomic E-state index is 0.305. The molecule has 0 spiro atoms. The fraction of sp³-hybridized carbons (Fsp3) is 0.333. The molecule has 2 rings (SSSR count). The molecular formula is C12H13BrN2O3. The molecule has 0 saturated carbocycles. The molecule has 1 aromatic carbocycles.